The Kier molecular flexibility index (Phi) is 5.64. The molecule has 1 N–H and O–H groups in total. The predicted octanol–water partition coefficient (Wildman–Crippen LogP) is 3.87. The summed E-state index contributed by atoms with van der Waals surface area (Å²) in [6.07, 6.45) is 4.06. The van der Waals surface area contributed by atoms with Gasteiger partial charge < -0.3 is 10.2 Å². The summed E-state index contributed by atoms with van der Waals surface area (Å²) in [4.78, 5) is 17.2. The molecule has 2 aromatic rings. The van der Waals surface area contributed by atoms with E-state index in [0.717, 1.165) is 26.1 Å². The molecular formula is C17H22N2OS2. The maximum atomic E-state index is 12.7. The van der Waals surface area contributed by atoms with Gasteiger partial charge in [0.25, 0.3) is 0 Å². The van der Waals surface area contributed by atoms with Crippen LogP contribution in [0.15, 0.2) is 35.0 Å². The molecule has 1 saturated heterocycles. The second-order valence-corrected chi connectivity index (χ2v) is 7.80. The molecule has 1 aliphatic heterocycles. The van der Waals surface area contributed by atoms with E-state index in [4.69, 9.17) is 0 Å². The number of nitrogens with one attached hydrogen (secondary N) is 1. The van der Waals surface area contributed by atoms with Crippen molar-refractivity contribution in [1.29, 1.82) is 0 Å². The highest BCUT2D eigenvalue weighted by atomic mass is 32.1. The van der Waals surface area contributed by atoms with Gasteiger partial charge in [-0.05, 0) is 48.7 Å². The van der Waals surface area contributed by atoms with Crippen LogP contribution in [0.5, 0.6) is 0 Å². The summed E-state index contributed by atoms with van der Waals surface area (Å²) < 4.78 is 0. The molecule has 0 spiro atoms. The van der Waals surface area contributed by atoms with Crippen molar-refractivity contribution in [3.05, 3.63) is 44.8 Å². The highest BCUT2D eigenvalue weighted by Crippen LogP contribution is 2.19. The number of carbonyl (C=O) groups excluding carboxylic acids is 1. The molecule has 22 heavy (non-hydrogen) atoms. The fraction of sp³-hybridized carbons (Fsp3) is 0.471. The van der Waals surface area contributed by atoms with Gasteiger partial charge in [0.1, 0.15) is 0 Å². The van der Waals surface area contributed by atoms with Gasteiger partial charge in [-0.1, -0.05) is 12.1 Å². The summed E-state index contributed by atoms with van der Waals surface area (Å²) in [5.41, 5.74) is 0. The Morgan fingerprint density at radius 2 is 1.86 bits per heavy atom. The molecule has 3 heterocycles. The first-order valence-electron chi connectivity index (χ1n) is 7.87. The van der Waals surface area contributed by atoms with Crippen LogP contribution in [0.2, 0.25) is 0 Å². The van der Waals surface area contributed by atoms with Crippen molar-refractivity contribution in [2.75, 3.05) is 6.54 Å². The van der Waals surface area contributed by atoms with E-state index in [9.17, 15) is 4.79 Å². The fourth-order valence-corrected chi connectivity index (χ4v) is 4.31. The van der Waals surface area contributed by atoms with Crippen molar-refractivity contribution in [3.63, 3.8) is 0 Å². The fourth-order valence-electron chi connectivity index (χ4n) is 2.87. The van der Waals surface area contributed by atoms with Crippen LogP contribution in [0.4, 0.5) is 0 Å². The van der Waals surface area contributed by atoms with Gasteiger partial charge in [-0.2, -0.15) is 0 Å². The van der Waals surface area contributed by atoms with Crippen LogP contribution in [0.25, 0.3) is 0 Å². The Labute approximate surface area is 140 Å². The van der Waals surface area contributed by atoms with E-state index < -0.39 is 0 Å². The lowest BCUT2D eigenvalue weighted by atomic mass is 10.1. The molecule has 3 nitrogen and oxygen atoms in total. The predicted molar refractivity (Wildman–Crippen MR) is 93.2 cm³/mol. The van der Waals surface area contributed by atoms with Crippen molar-refractivity contribution in [2.45, 2.75) is 44.8 Å². The molecule has 1 fully saturated rings. The molecule has 0 bridgehead atoms. The second kappa shape index (κ2) is 7.90. The maximum Gasteiger partial charge on any atom is 0.223 e. The Bertz CT molecular complexity index is 523. The summed E-state index contributed by atoms with van der Waals surface area (Å²) >= 11 is 3.44. The molecule has 1 atom stereocenters. The highest BCUT2D eigenvalue weighted by molar-refractivity contribution is 7.10. The Balaban J connectivity index is 1.59. The third kappa shape index (κ3) is 4.41. The number of amides is 1. The lowest BCUT2D eigenvalue weighted by molar-refractivity contribution is -0.132. The molecule has 3 rings (SSSR count). The first kappa shape index (κ1) is 15.7. The first-order chi connectivity index (χ1) is 10.8. The highest BCUT2D eigenvalue weighted by Gasteiger charge is 2.19. The SMILES string of the molecule is O=C(CCC1CCCN1)N(Cc1cccs1)Cc1cccs1. The third-order valence-electron chi connectivity index (χ3n) is 4.08. The van der Waals surface area contributed by atoms with Crippen molar-refractivity contribution >= 4 is 28.6 Å². The summed E-state index contributed by atoms with van der Waals surface area (Å²) in [7, 11) is 0. The van der Waals surface area contributed by atoms with Crippen LogP contribution in [0.1, 0.15) is 35.4 Å². The average Bonchev–Trinajstić information content (AvgIpc) is 3.27. The summed E-state index contributed by atoms with van der Waals surface area (Å²) in [6.45, 7) is 2.56. The molecule has 0 aromatic carbocycles. The second-order valence-electron chi connectivity index (χ2n) is 5.74. The Morgan fingerprint density at radius 1 is 1.18 bits per heavy atom. The summed E-state index contributed by atoms with van der Waals surface area (Å²) in [5, 5.41) is 7.63. The van der Waals surface area contributed by atoms with Crippen LogP contribution >= 0.6 is 22.7 Å². The average molecular weight is 335 g/mol. The molecule has 0 aliphatic carbocycles. The number of hydrogen-bond donors (Lipinski definition) is 1. The van der Waals surface area contributed by atoms with E-state index in [1.54, 1.807) is 22.7 Å². The summed E-state index contributed by atoms with van der Waals surface area (Å²) in [5.74, 6) is 0.274. The normalized spacial score (nSPS) is 17.7. The monoisotopic (exact) mass is 334 g/mol. The number of carbonyl (C=O) groups is 1. The van der Waals surface area contributed by atoms with Gasteiger partial charge in [0, 0.05) is 22.2 Å². The zero-order valence-electron chi connectivity index (χ0n) is 12.7. The van der Waals surface area contributed by atoms with E-state index in [1.807, 2.05) is 4.90 Å². The van der Waals surface area contributed by atoms with Crippen molar-refractivity contribution < 1.29 is 4.79 Å². The van der Waals surface area contributed by atoms with Crippen LogP contribution in [0, 0.1) is 0 Å². The first-order valence-corrected chi connectivity index (χ1v) is 9.63. The number of nitrogens with zero attached hydrogens (tertiary/aromatic N) is 1. The molecule has 0 radical (unpaired) electrons. The number of rotatable bonds is 7. The molecular weight excluding hydrogens is 312 g/mol. The van der Waals surface area contributed by atoms with Crippen molar-refractivity contribution in [3.8, 4) is 0 Å². The topological polar surface area (TPSA) is 32.3 Å². The van der Waals surface area contributed by atoms with Crippen molar-refractivity contribution in [1.82, 2.24) is 10.2 Å². The van der Waals surface area contributed by atoms with Crippen LogP contribution in [-0.2, 0) is 17.9 Å². The van der Waals surface area contributed by atoms with E-state index in [1.165, 1.54) is 22.6 Å². The number of hydrogen-bond acceptors (Lipinski definition) is 4. The van der Waals surface area contributed by atoms with Gasteiger partial charge in [-0.25, -0.2) is 0 Å². The minimum absolute atomic E-state index is 0.274. The third-order valence-corrected chi connectivity index (χ3v) is 5.80. The zero-order valence-corrected chi connectivity index (χ0v) is 14.3. The zero-order chi connectivity index (χ0) is 15.2. The largest absolute Gasteiger partial charge is 0.332 e. The lowest BCUT2D eigenvalue weighted by Gasteiger charge is -2.22. The summed E-state index contributed by atoms with van der Waals surface area (Å²) in [6, 6.07) is 8.86. The van der Waals surface area contributed by atoms with Gasteiger partial charge in [0.2, 0.25) is 5.91 Å². The van der Waals surface area contributed by atoms with Gasteiger partial charge in [-0.3, -0.25) is 4.79 Å². The van der Waals surface area contributed by atoms with Crippen molar-refractivity contribution in [2.24, 2.45) is 0 Å². The van der Waals surface area contributed by atoms with E-state index in [0.29, 0.717) is 12.5 Å². The smallest absolute Gasteiger partial charge is 0.223 e. The standard InChI is InChI=1S/C17H22N2OS2/c20-17(8-7-14-4-1-9-18-14)19(12-15-5-2-10-21-15)13-16-6-3-11-22-16/h2-3,5-6,10-11,14,18H,1,4,7-9,12-13H2. The van der Waals surface area contributed by atoms with Gasteiger partial charge >= 0.3 is 0 Å². The molecule has 1 unspecified atom stereocenters. The van der Waals surface area contributed by atoms with E-state index in [2.05, 4.69) is 40.3 Å². The molecule has 1 aliphatic rings. The molecule has 5 heteroatoms. The van der Waals surface area contributed by atoms with Gasteiger partial charge in [0.05, 0.1) is 13.1 Å². The van der Waals surface area contributed by atoms with Gasteiger partial charge in [0.15, 0.2) is 0 Å². The molecule has 118 valence electrons. The molecule has 1 amide bonds. The quantitative estimate of drug-likeness (QED) is 0.833. The van der Waals surface area contributed by atoms with Crippen LogP contribution < -0.4 is 5.32 Å². The lowest BCUT2D eigenvalue weighted by Crippen LogP contribution is -2.31. The molecule has 0 saturated carbocycles. The molecule has 2 aromatic heterocycles. The van der Waals surface area contributed by atoms with Crippen LogP contribution in [0.3, 0.4) is 0 Å². The van der Waals surface area contributed by atoms with Crippen LogP contribution in [-0.4, -0.2) is 23.4 Å². The Hall–Kier alpha value is -1.17. The van der Waals surface area contributed by atoms with Gasteiger partial charge in [-0.15, -0.1) is 22.7 Å². The van der Waals surface area contributed by atoms with E-state index in [-0.39, 0.29) is 5.91 Å². The Morgan fingerprint density at radius 3 is 2.36 bits per heavy atom. The minimum atomic E-state index is 0.274. The number of thiophene rings is 2. The van der Waals surface area contributed by atoms with E-state index >= 15 is 0 Å². The minimum Gasteiger partial charge on any atom is -0.332 e. The maximum absolute atomic E-state index is 12.7.